The summed E-state index contributed by atoms with van der Waals surface area (Å²) in [7, 11) is 0. The van der Waals surface area contributed by atoms with E-state index in [1.165, 1.54) is 25.7 Å². The SMILES string of the molecule is CC1=C2[C@H]3OC(=O)C(CN4CCCCCC4)[C@@H]3CC[C@@]2(C)C=CC1=O.Cl. The molecule has 1 unspecified atom stereocenters. The van der Waals surface area contributed by atoms with Gasteiger partial charge < -0.3 is 9.64 Å². The number of fused-ring (bicyclic) bond motifs is 3. The van der Waals surface area contributed by atoms with Gasteiger partial charge in [-0.1, -0.05) is 25.8 Å². The highest BCUT2D eigenvalue weighted by Gasteiger charge is 2.54. The summed E-state index contributed by atoms with van der Waals surface area (Å²) < 4.78 is 5.89. The van der Waals surface area contributed by atoms with E-state index in [1.807, 2.05) is 13.0 Å². The number of halogens is 1. The third-order valence-electron chi connectivity index (χ3n) is 6.88. The van der Waals surface area contributed by atoms with E-state index in [9.17, 15) is 9.59 Å². The quantitative estimate of drug-likeness (QED) is 0.686. The molecule has 0 aromatic heterocycles. The molecule has 2 heterocycles. The van der Waals surface area contributed by atoms with Gasteiger partial charge in [-0.3, -0.25) is 9.59 Å². The van der Waals surface area contributed by atoms with Gasteiger partial charge in [-0.25, -0.2) is 0 Å². The molecule has 0 amide bonds. The second kappa shape index (κ2) is 7.47. The van der Waals surface area contributed by atoms with Crippen LogP contribution < -0.4 is 0 Å². The number of likely N-dealkylation sites (tertiary alicyclic amines) is 1. The molecule has 2 aliphatic heterocycles. The normalized spacial score (nSPS) is 37.5. The summed E-state index contributed by atoms with van der Waals surface area (Å²) >= 11 is 0. The van der Waals surface area contributed by atoms with Gasteiger partial charge in [-0.2, -0.15) is 0 Å². The average molecular weight is 380 g/mol. The first-order valence-electron chi connectivity index (χ1n) is 9.87. The van der Waals surface area contributed by atoms with Crippen molar-refractivity contribution in [3.05, 3.63) is 23.3 Å². The first-order valence-corrected chi connectivity index (χ1v) is 9.87. The molecule has 4 rings (SSSR count). The summed E-state index contributed by atoms with van der Waals surface area (Å²) in [6.45, 7) is 7.11. The monoisotopic (exact) mass is 379 g/mol. The van der Waals surface area contributed by atoms with Crippen molar-refractivity contribution >= 4 is 24.2 Å². The first-order chi connectivity index (χ1) is 12.0. The van der Waals surface area contributed by atoms with Crippen molar-refractivity contribution in [3.63, 3.8) is 0 Å². The standard InChI is InChI=1S/C21H29NO3.ClH/c1-14-17(23)8-10-21(2)9-7-15-16(20(24)25-19(15)18(14)21)13-22-11-5-3-4-6-12-22;/h8,10,15-16,19H,3-7,9,11-13H2,1-2H3;1H/t15-,16?,19-,21-;/m0./s1. The van der Waals surface area contributed by atoms with Crippen molar-refractivity contribution in [1.82, 2.24) is 4.90 Å². The minimum atomic E-state index is -0.197. The molecule has 1 saturated carbocycles. The molecule has 3 fully saturated rings. The van der Waals surface area contributed by atoms with Gasteiger partial charge in [0.25, 0.3) is 0 Å². The highest BCUT2D eigenvalue weighted by molar-refractivity contribution is 6.05. The van der Waals surface area contributed by atoms with E-state index in [4.69, 9.17) is 4.74 Å². The summed E-state index contributed by atoms with van der Waals surface area (Å²) in [5.41, 5.74) is 1.74. The molecule has 4 nitrogen and oxygen atoms in total. The number of allylic oxidation sites excluding steroid dienone is 3. The minimum absolute atomic E-state index is 0. The summed E-state index contributed by atoms with van der Waals surface area (Å²) in [5, 5.41) is 0. The molecule has 2 saturated heterocycles. The maximum absolute atomic E-state index is 12.7. The van der Waals surface area contributed by atoms with Crippen LogP contribution in [0.4, 0.5) is 0 Å². The third-order valence-corrected chi connectivity index (χ3v) is 6.88. The van der Waals surface area contributed by atoms with E-state index in [2.05, 4.69) is 11.8 Å². The Labute approximate surface area is 162 Å². The molecule has 4 aliphatic rings. The van der Waals surface area contributed by atoms with Crippen LogP contribution in [0.1, 0.15) is 52.4 Å². The Morgan fingerprint density at radius 2 is 1.88 bits per heavy atom. The van der Waals surface area contributed by atoms with Crippen LogP contribution >= 0.6 is 12.4 Å². The summed E-state index contributed by atoms with van der Waals surface area (Å²) in [4.78, 5) is 27.4. The second-order valence-corrected chi connectivity index (χ2v) is 8.54. The number of rotatable bonds is 2. The van der Waals surface area contributed by atoms with Crippen LogP contribution in [0.15, 0.2) is 23.3 Å². The number of carbonyl (C=O) groups excluding carboxylic acids is 2. The highest BCUT2D eigenvalue weighted by Crippen LogP contribution is 2.53. The second-order valence-electron chi connectivity index (χ2n) is 8.54. The molecular formula is C21H30ClNO3. The first kappa shape index (κ1) is 19.6. The molecule has 0 aromatic rings. The maximum Gasteiger partial charge on any atom is 0.311 e. The fourth-order valence-corrected chi connectivity index (χ4v) is 5.38. The maximum atomic E-state index is 12.7. The van der Waals surface area contributed by atoms with E-state index >= 15 is 0 Å². The Morgan fingerprint density at radius 3 is 2.58 bits per heavy atom. The third kappa shape index (κ3) is 3.27. The van der Waals surface area contributed by atoms with Gasteiger partial charge in [-0.15, -0.1) is 12.4 Å². The lowest BCUT2D eigenvalue weighted by Crippen LogP contribution is -2.42. The molecule has 0 bridgehead atoms. The zero-order chi connectivity index (χ0) is 17.6. The smallest absolute Gasteiger partial charge is 0.311 e. The van der Waals surface area contributed by atoms with Crippen LogP contribution in [0, 0.1) is 17.3 Å². The van der Waals surface area contributed by atoms with Crippen molar-refractivity contribution in [2.24, 2.45) is 17.3 Å². The van der Waals surface area contributed by atoms with E-state index in [0.717, 1.165) is 43.6 Å². The Balaban J connectivity index is 0.00000196. The van der Waals surface area contributed by atoms with Crippen molar-refractivity contribution < 1.29 is 14.3 Å². The molecule has 0 N–H and O–H groups in total. The van der Waals surface area contributed by atoms with Gasteiger partial charge in [0.05, 0.1) is 5.92 Å². The molecule has 0 spiro atoms. The predicted molar refractivity (Wildman–Crippen MR) is 103 cm³/mol. The molecule has 144 valence electrons. The molecule has 0 aromatic carbocycles. The number of hydrogen-bond donors (Lipinski definition) is 0. The molecule has 2 aliphatic carbocycles. The van der Waals surface area contributed by atoms with Crippen molar-refractivity contribution in [3.8, 4) is 0 Å². The van der Waals surface area contributed by atoms with Gasteiger partial charge in [0.15, 0.2) is 5.78 Å². The van der Waals surface area contributed by atoms with Gasteiger partial charge in [0.1, 0.15) is 6.10 Å². The number of ether oxygens (including phenoxy) is 1. The number of hydrogen-bond acceptors (Lipinski definition) is 4. The van der Waals surface area contributed by atoms with E-state index in [1.54, 1.807) is 6.08 Å². The van der Waals surface area contributed by atoms with Crippen LogP contribution in [-0.2, 0) is 14.3 Å². The fraction of sp³-hybridized carbons (Fsp3) is 0.714. The summed E-state index contributed by atoms with van der Waals surface area (Å²) in [5.74, 6) is 0.216. The van der Waals surface area contributed by atoms with Gasteiger partial charge in [0, 0.05) is 23.5 Å². The fourth-order valence-electron chi connectivity index (χ4n) is 5.38. The zero-order valence-corrected chi connectivity index (χ0v) is 16.6. The van der Waals surface area contributed by atoms with Crippen LogP contribution in [0.3, 0.4) is 0 Å². The molecule has 5 heteroatoms. The Morgan fingerprint density at radius 1 is 1.19 bits per heavy atom. The van der Waals surface area contributed by atoms with Crippen LogP contribution in [0.5, 0.6) is 0 Å². The Bertz CT molecular complexity index is 648. The van der Waals surface area contributed by atoms with E-state index < -0.39 is 0 Å². The number of ketones is 1. The summed E-state index contributed by atoms with van der Waals surface area (Å²) in [6.07, 6.45) is 10.6. The van der Waals surface area contributed by atoms with Crippen LogP contribution in [-0.4, -0.2) is 42.4 Å². The van der Waals surface area contributed by atoms with Gasteiger partial charge in [-0.05, 0) is 57.3 Å². The zero-order valence-electron chi connectivity index (χ0n) is 15.8. The highest BCUT2D eigenvalue weighted by atomic mass is 35.5. The van der Waals surface area contributed by atoms with E-state index in [0.29, 0.717) is 0 Å². The molecule has 26 heavy (non-hydrogen) atoms. The van der Waals surface area contributed by atoms with E-state index in [-0.39, 0.29) is 47.5 Å². The predicted octanol–water partition coefficient (Wildman–Crippen LogP) is 3.70. The number of esters is 1. The largest absolute Gasteiger partial charge is 0.457 e. The molecule has 0 radical (unpaired) electrons. The minimum Gasteiger partial charge on any atom is -0.457 e. The lowest BCUT2D eigenvalue weighted by atomic mass is 9.61. The van der Waals surface area contributed by atoms with Crippen molar-refractivity contribution in [2.45, 2.75) is 58.5 Å². The number of nitrogens with zero attached hydrogens (tertiary/aromatic N) is 1. The molecular weight excluding hydrogens is 350 g/mol. The van der Waals surface area contributed by atoms with Gasteiger partial charge >= 0.3 is 5.97 Å². The molecule has 4 atom stereocenters. The average Bonchev–Trinajstić information content (AvgIpc) is 2.76. The van der Waals surface area contributed by atoms with Crippen LogP contribution in [0.25, 0.3) is 0 Å². The topological polar surface area (TPSA) is 46.6 Å². The van der Waals surface area contributed by atoms with Gasteiger partial charge in [0.2, 0.25) is 0 Å². The lowest BCUT2D eigenvalue weighted by Gasteiger charge is -2.43. The lowest BCUT2D eigenvalue weighted by molar-refractivity contribution is -0.144. The van der Waals surface area contributed by atoms with Crippen molar-refractivity contribution in [1.29, 1.82) is 0 Å². The Hall–Kier alpha value is -1.13. The Kier molecular flexibility index (Phi) is 5.64. The van der Waals surface area contributed by atoms with Crippen LogP contribution in [0.2, 0.25) is 0 Å². The number of carbonyl (C=O) groups is 2. The summed E-state index contributed by atoms with van der Waals surface area (Å²) in [6, 6.07) is 0. The van der Waals surface area contributed by atoms with Crippen molar-refractivity contribution in [2.75, 3.05) is 19.6 Å².